The quantitative estimate of drug-likeness (QED) is 0.492. The number of fused-ring (bicyclic) bond motifs is 2. The van der Waals surface area contributed by atoms with E-state index in [4.69, 9.17) is 0 Å². The van der Waals surface area contributed by atoms with Gasteiger partial charge in [-0.1, -0.05) is 44.9 Å². The van der Waals surface area contributed by atoms with Gasteiger partial charge in [0.05, 0.1) is 0 Å². The molecule has 0 aromatic carbocycles. The minimum atomic E-state index is 0.395. The van der Waals surface area contributed by atoms with Gasteiger partial charge in [0.1, 0.15) is 0 Å². The second kappa shape index (κ2) is 4.49. The van der Waals surface area contributed by atoms with Crippen LogP contribution in [0.5, 0.6) is 0 Å². The molecule has 112 valence electrons. The first-order chi connectivity index (χ1) is 9.31. The van der Waals surface area contributed by atoms with Gasteiger partial charge in [-0.2, -0.15) is 0 Å². The lowest BCUT2D eigenvalue weighted by molar-refractivity contribution is 0.0569. The lowest BCUT2D eigenvalue weighted by Gasteiger charge is -2.55. The van der Waals surface area contributed by atoms with Crippen molar-refractivity contribution < 1.29 is 0 Å². The summed E-state index contributed by atoms with van der Waals surface area (Å²) in [6.45, 7) is 14.1. The molecule has 1 saturated carbocycles. The SMILES string of the molecule is C=C[C@@]1(C)CC[C@]2(C)C3=C(CCC2C1)C(C)(C)CCC3. The second-order valence-corrected chi connectivity index (χ2v) is 8.91. The van der Waals surface area contributed by atoms with Crippen molar-refractivity contribution in [1.29, 1.82) is 0 Å². The van der Waals surface area contributed by atoms with Gasteiger partial charge >= 0.3 is 0 Å². The lowest BCUT2D eigenvalue weighted by atomic mass is 9.49. The Labute approximate surface area is 125 Å². The van der Waals surface area contributed by atoms with Crippen molar-refractivity contribution in [2.24, 2.45) is 22.2 Å². The highest BCUT2D eigenvalue weighted by Gasteiger charge is 2.50. The summed E-state index contributed by atoms with van der Waals surface area (Å²) in [6.07, 6.45) is 13.3. The van der Waals surface area contributed by atoms with Crippen LogP contribution in [0.15, 0.2) is 23.8 Å². The maximum absolute atomic E-state index is 4.11. The fourth-order valence-corrected chi connectivity index (χ4v) is 5.50. The average molecular weight is 272 g/mol. The molecule has 0 nitrogen and oxygen atoms in total. The summed E-state index contributed by atoms with van der Waals surface area (Å²) in [5.74, 6) is 0.895. The molecule has 1 fully saturated rings. The summed E-state index contributed by atoms with van der Waals surface area (Å²) in [4.78, 5) is 0. The van der Waals surface area contributed by atoms with Crippen LogP contribution in [0.25, 0.3) is 0 Å². The Morgan fingerprint density at radius 1 is 1.00 bits per heavy atom. The highest BCUT2D eigenvalue weighted by molar-refractivity contribution is 5.33. The van der Waals surface area contributed by atoms with E-state index >= 15 is 0 Å². The molecule has 3 aliphatic rings. The molecule has 3 atom stereocenters. The van der Waals surface area contributed by atoms with E-state index in [9.17, 15) is 0 Å². The van der Waals surface area contributed by atoms with Crippen LogP contribution in [0.4, 0.5) is 0 Å². The topological polar surface area (TPSA) is 0 Å². The minimum absolute atomic E-state index is 0.395. The van der Waals surface area contributed by atoms with Gasteiger partial charge in [-0.3, -0.25) is 0 Å². The predicted molar refractivity (Wildman–Crippen MR) is 87.6 cm³/mol. The molecule has 3 aliphatic carbocycles. The molecular formula is C20H32. The lowest BCUT2D eigenvalue weighted by Crippen LogP contribution is -2.44. The zero-order valence-electron chi connectivity index (χ0n) is 14.0. The molecule has 0 N–H and O–H groups in total. The third-order valence-electron chi connectivity index (χ3n) is 7.16. The van der Waals surface area contributed by atoms with Crippen LogP contribution in [0, 0.1) is 22.2 Å². The van der Waals surface area contributed by atoms with E-state index in [1.54, 1.807) is 0 Å². The molecule has 0 saturated heterocycles. The second-order valence-electron chi connectivity index (χ2n) is 8.91. The van der Waals surface area contributed by atoms with Gasteiger partial charge < -0.3 is 0 Å². The van der Waals surface area contributed by atoms with Crippen molar-refractivity contribution in [3.8, 4) is 0 Å². The first-order valence-electron chi connectivity index (χ1n) is 8.67. The Kier molecular flexibility index (Phi) is 3.23. The van der Waals surface area contributed by atoms with E-state index in [1.807, 2.05) is 11.1 Å². The van der Waals surface area contributed by atoms with Crippen LogP contribution in [-0.4, -0.2) is 0 Å². The van der Waals surface area contributed by atoms with Crippen LogP contribution in [-0.2, 0) is 0 Å². The van der Waals surface area contributed by atoms with E-state index in [0.29, 0.717) is 16.2 Å². The Bertz CT molecular complexity index is 453. The van der Waals surface area contributed by atoms with Gasteiger partial charge in [-0.25, -0.2) is 0 Å². The molecule has 0 aromatic rings. The Hall–Kier alpha value is -0.520. The zero-order valence-corrected chi connectivity index (χ0v) is 14.0. The Morgan fingerprint density at radius 2 is 1.75 bits per heavy atom. The molecule has 3 rings (SSSR count). The molecule has 0 radical (unpaired) electrons. The summed E-state index contributed by atoms with van der Waals surface area (Å²) < 4.78 is 0. The minimum Gasteiger partial charge on any atom is -0.103 e. The Balaban J connectivity index is 1.98. The molecule has 20 heavy (non-hydrogen) atoms. The van der Waals surface area contributed by atoms with Gasteiger partial charge in [-0.15, -0.1) is 6.58 Å². The third-order valence-corrected chi connectivity index (χ3v) is 7.16. The normalized spacial score (nSPS) is 43.7. The van der Waals surface area contributed by atoms with Crippen molar-refractivity contribution in [1.82, 2.24) is 0 Å². The van der Waals surface area contributed by atoms with Gasteiger partial charge in [0.15, 0.2) is 0 Å². The van der Waals surface area contributed by atoms with Gasteiger partial charge in [0.2, 0.25) is 0 Å². The van der Waals surface area contributed by atoms with Crippen LogP contribution >= 0.6 is 0 Å². The fourth-order valence-electron chi connectivity index (χ4n) is 5.50. The van der Waals surface area contributed by atoms with Crippen molar-refractivity contribution in [3.05, 3.63) is 23.8 Å². The number of allylic oxidation sites excluding steroid dienone is 3. The molecule has 0 heteroatoms. The third kappa shape index (κ3) is 2.02. The predicted octanol–water partition coefficient (Wildman–Crippen LogP) is 6.29. The van der Waals surface area contributed by atoms with Crippen molar-refractivity contribution >= 4 is 0 Å². The molecule has 1 unspecified atom stereocenters. The van der Waals surface area contributed by atoms with Crippen molar-refractivity contribution in [2.45, 2.75) is 79.1 Å². The van der Waals surface area contributed by atoms with Crippen LogP contribution < -0.4 is 0 Å². The molecule has 0 aromatic heterocycles. The highest BCUT2D eigenvalue weighted by Crippen LogP contribution is 2.62. The number of hydrogen-bond acceptors (Lipinski definition) is 0. The molecule has 0 amide bonds. The van der Waals surface area contributed by atoms with Crippen LogP contribution in [0.2, 0.25) is 0 Å². The van der Waals surface area contributed by atoms with E-state index in [1.165, 1.54) is 51.4 Å². The van der Waals surface area contributed by atoms with Crippen molar-refractivity contribution in [2.75, 3.05) is 0 Å². The largest absolute Gasteiger partial charge is 0.103 e. The average Bonchev–Trinajstić information content (AvgIpc) is 2.40. The Morgan fingerprint density at radius 3 is 2.45 bits per heavy atom. The number of rotatable bonds is 1. The molecule has 0 aliphatic heterocycles. The van der Waals surface area contributed by atoms with Crippen LogP contribution in [0.3, 0.4) is 0 Å². The van der Waals surface area contributed by atoms with Crippen LogP contribution in [0.1, 0.15) is 79.1 Å². The number of hydrogen-bond donors (Lipinski definition) is 0. The summed E-state index contributed by atoms with van der Waals surface area (Å²) in [6, 6.07) is 0. The molecular weight excluding hydrogens is 240 g/mol. The highest BCUT2D eigenvalue weighted by atomic mass is 14.5. The maximum Gasteiger partial charge on any atom is -0.00845 e. The van der Waals surface area contributed by atoms with E-state index in [0.717, 1.165) is 5.92 Å². The molecule has 0 bridgehead atoms. The smallest absolute Gasteiger partial charge is 0.00845 e. The summed E-state index contributed by atoms with van der Waals surface area (Å²) >= 11 is 0. The van der Waals surface area contributed by atoms with Gasteiger partial charge in [0.25, 0.3) is 0 Å². The maximum atomic E-state index is 4.11. The monoisotopic (exact) mass is 272 g/mol. The molecule has 0 spiro atoms. The van der Waals surface area contributed by atoms with Crippen molar-refractivity contribution in [3.63, 3.8) is 0 Å². The summed E-state index contributed by atoms with van der Waals surface area (Å²) in [5.41, 5.74) is 5.11. The summed E-state index contributed by atoms with van der Waals surface area (Å²) in [7, 11) is 0. The van der Waals surface area contributed by atoms with E-state index in [2.05, 4.69) is 40.3 Å². The first kappa shape index (κ1) is 14.4. The van der Waals surface area contributed by atoms with Gasteiger partial charge in [-0.05, 0) is 73.5 Å². The zero-order chi connectivity index (χ0) is 14.6. The standard InChI is InChI=1S/C20H32/c1-6-19(4)12-13-20(5)15(14-19)9-10-16-17(20)8-7-11-18(16,2)3/h6,15H,1,7-14H2,2-5H3/t15?,19-,20-/m0/s1. The fraction of sp³-hybridized carbons (Fsp3) is 0.800. The van der Waals surface area contributed by atoms with E-state index < -0.39 is 0 Å². The first-order valence-corrected chi connectivity index (χ1v) is 8.67. The summed E-state index contributed by atoms with van der Waals surface area (Å²) in [5, 5.41) is 0. The van der Waals surface area contributed by atoms with Gasteiger partial charge in [0, 0.05) is 0 Å². The van der Waals surface area contributed by atoms with E-state index in [-0.39, 0.29) is 0 Å². The molecule has 0 heterocycles.